The standard InChI is InChI=1S/C11H12N2O5/c1-7(14)12-10(11(15)16)6-8-2-4-9(5-3-8)13(17)18/h2-5,10H,6H2,1H3,(H,12,14)(H,15,16). The van der Waals surface area contributed by atoms with E-state index >= 15 is 0 Å². The first kappa shape index (κ1) is 13.6. The van der Waals surface area contributed by atoms with Crippen LogP contribution in [0.5, 0.6) is 0 Å². The van der Waals surface area contributed by atoms with E-state index in [1.54, 1.807) is 0 Å². The van der Waals surface area contributed by atoms with Gasteiger partial charge in [-0.1, -0.05) is 12.1 Å². The molecule has 0 radical (unpaired) electrons. The minimum absolute atomic E-state index is 0.0647. The van der Waals surface area contributed by atoms with Crippen molar-refractivity contribution in [2.75, 3.05) is 0 Å². The van der Waals surface area contributed by atoms with Gasteiger partial charge in [0.05, 0.1) is 4.92 Å². The summed E-state index contributed by atoms with van der Waals surface area (Å²) in [5, 5.41) is 21.6. The van der Waals surface area contributed by atoms with Crippen LogP contribution in [-0.2, 0) is 16.0 Å². The van der Waals surface area contributed by atoms with Gasteiger partial charge < -0.3 is 10.4 Å². The number of carboxylic acids is 1. The molecule has 0 aliphatic heterocycles. The van der Waals surface area contributed by atoms with Gasteiger partial charge in [-0.25, -0.2) is 4.79 Å². The quantitative estimate of drug-likeness (QED) is 0.592. The molecule has 1 rings (SSSR count). The smallest absolute Gasteiger partial charge is 0.326 e. The maximum Gasteiger partial charge on any atom is 0.326 e. The Balaban J connectivity index is 2.78. The number of nitro groups is 1. The van der Waals surface area contributed by atoms with Gasteiger partial charge in [0.2, 0.25) is 5.91 Å². The van der Waals surface area contributed by atoms with Crippen molar-refractivity contribution < 1.29 is 19.6 Å². The second-order valence-electron chi connectivity index (χ2n) is 3.72. The van der Waals surface area contributed by atoms with E-state index in [0.29, 0.717) is 5.56 Å². The van der Waals surface area contributed by atoms with E-state index in [2.05, 4.69) is 5.32 Å². The predicted molar refractivity (Wildman–Crippen MR) is 62.0 cm³/mol. The number of amides is 1. The average molecular weight is 252 g/mol. The fourth-order valence-corrected chi connectivity index (χ4v) is 1.43. The molecule has 18 heavy (non-hydrogen) atoms. The second kappa shape index (κ2) is 5.76. The van der Waals surface area contributed by atoms with Gasteiger partial charge in [0, 0.05) is 25.5 Å². The highest BCUT2D eigenvalue weighted by molar-refractivity contribution is 5.82. The number of non-ortho nitro benzene ring substituents is 1. The lowest BCUT2D eigenvalue weighted by molar-refractivity contribution is -0.384. The lowest BCUT2D eigenvalue weighted by Crippen LogP contribution is -2.41. The number of benzene rings is 1. The van der Waals surface area contributed by atoms with Crippen molar-refractivity contribution >= 4 is 17.6 Å². The number of carbonyl (C=O) groups is 2. The maximum absolute atomic E-state index is 10.9. The highest BCUT2D eigenvalue weighted by atomic mass is 16.6. The summed E-state index contributed by atoms with van der Waals surface area (Å²) in [6, 6.07) is 4.49. The van der Waals surface area contributed by atoms with E-state index in [-0.39, 0.29) is 12.1 Å². The minimum atomic E-state index is -1.15. The van der Waals surface area contributed by atoms with Gasteiger partial charge in [-0.15, -0.1) is 0 Å². The molecule has 1 amide bonds. The van der Waals surface area contributed by atoms with E-state index in [0.717, 1.165) is 0 Å². The summed E-state index contributed by atoms with van der Waals surface area (Å²) in [5.74, 6) is -1.59. The van der Waals surface area contributed by atoms with Crippen LogP contribution in [0.4, 0.5) is 5.69 Å². The molecule has 1 aromatic rings. The number of rotatable bonds is 5. The average Bonchev–Trinajstić information content (AvgIpc) is 2.28. The fourth-order valence-electron chi connectivity index (χ4n) is 1.43. The Bertz CT molecular complexity index is 469. The molecule has 1 unspecified atom stereocenters. The highest BCUT2D eigenvalue weighted by Crippen LogP contribution is 2.13. The molecule has 0 aliphatic rings. The first-order valence-electron chi connectivity index (χ1n) is 5.13. The van der Waals surface area contributed by atoms with Crippen molar-refractivity contribution in [2.45, 2.75) is 19.4 Å². The summed E-state index contributed by atoms with van der Waals surface area (Å²) in [6.45, 7) is 1.23. The van der Waals surface area contributed by atoms with Crippen LogP contribution in [0.2, 0.25) is 0 Å². The third-order valence-electron chi connectivity index (χ3n) is 2.26. The van der Waals surface area contributed by atoms with Gasteiger partial charge in [0.1, 0.15) is 6.04 Å². The highest BCUT2D eigenvalue weighted by Gasteiger charge is 2.19. The van der Waals surface area contributed by atoms with Crippen LogP contribution in [0.1, 0.15) is 12.5 Å². The van der Waals surface area contributed by atoms with Crippen molar-refractivity contribution in [3.8, 4) is 0 Å². The van der Waals surface area contributed by atoms with Gasteiger partial charge in [0.15, 0.2) is 0 Å². The number of nitro benzene ring substituents is 1. The molecule has 0 bridgehead atoms. The number of nitrogens with zero attached hydrogens (tertiary/aromatic N) is 1. The molecule has 2 N–H and O–H groups in total. The van der Waals surface area contributed by atoms with E-state index < -0.39 is 22.8 Å². The summed E-state index contributed by atoms with van der Waals surface area (Å²) in [5.41, 5.74) is 0.534. The van der Waals surface area contributed by atoms with Crippen molar-refractivity contribution in [1.82, 2.24) is 5.32 Å². The van der Waals surface area contributed by atoms with Gasteiger partial charge in [-0.2, -0.15) is 0 Å². The molecule has 96 valence electrons. The van der Waals surface area contributed by atoms with E-state index in [1.807, 2.05) is 0 Å². The Kier molecular flexibility index (Phi) is 4.36. The minimum Gasteiger partial charge on any atom is -0.480 e. The van der Waals surface area contributed by atoms with Gasteiger partial charge >= 0.3 is 5.97 Å². The van der Waals surface area contributed by atoms with E-state index in [4.69, 9.17) is 5.11 Å². The van der Waals surface area contributed by atoms with Crippen molar-refractivity contribution in [1.29, 1.82) is 0 Å². The normalized spacial score (nSPS) is 11.6. The predicted octanol–water partition coefficient (Wildman–Crippen LogP) is 0.727. The van der Waals surface area contributed by atoms with Gasteiger partial charge in [-0.3, -0.25) is 14.9 Å². The van der Waals surface area contributed by atoms with Crippen LogP contribution in [0.15, 0.2) is 24.3 Å². The molecule has 0 fully saturated rings. The largest absolute Gasteiger partial charge is 0.480 e. The Morgan fingerprint density at radius 3 is 2.33 bits per heavy atom. The third-order valence-corrected chi connectivity index (χ3v) is 2.26. The van der Waals surface area contributed by atoms with Crippen LogP contribution >= 0.6 is 0 Å². The SMILES string of the molecule is CC(=O)NC(Cc1ccc([N+](=O)[O-])cc1)C(=O)O. The van der Waals surface area contributed by atoms with Crippen LogP contribution < -0.4 is 5.32 Å². The number of hydrogen-bond donors (Lipinski definition) is 2. The van der Waals surface area contributed by atoms with E-state index in [9.17, 15) is 19.7 Å². The van der Waals surface area contributed by atoms with Crippen LogP contribution in [0.25, 0.3) is 0 Å². The molecule has 0 aliphatic carbocycles. The molecule has 0 heterocycles. The fraction of sp³-hybridized carbons (Fsp3) is 0.273. The van der Waals surface area contributed by atoms with Crippen LogP contribution in [0, 0.1) is 10.1 Å². The maximum atomic E-state index is 10.9. The summed E-state index contributed by atoms with van der Waals surface area (Å²) in [6.07, 6.45) is 0.0763. The Hall–Kier alpha value is -2.44. The molecular weight excluding hydrogens is 240 g/mol. The zero-order valence-electron chi connectivity index (χ0n) is 9.62. The Morgan fingerprint density at radius 2 is 1.94 bits per heavy atom. The van der Waals surface area contributed by atoms with Crippen LogP contribution in [0.3, 0.4) is 0 Å². The zero-order valence-corrected chi connectivity index (χ0v) is 9.62. The molecule has 0 aromatic heterocycles. The number of carboxylic acid groups (broad SMARTS) is 1. The molecule has 7 nitrogen and oxygen atoms in total. The van der Waals surface area contributed by atoms with Gasteiger partial charge in [-0.05, 0) is 5.56 Å². The number of hydrogen-bond acceptors (Lipinski definition) is 4. The molecule has 7 heteroatoms. The third kappa shape index (κ3) is 3.85. The number of carbonyl (C=O) groups excluding carboxylic acids is 1. The molecule has 1 aromatic carbocycles. The number of nitrogens with one attached hydrogen (secondary N) is 1. The monoisotopic (exact) mass is 252 g/mol. The number of aliphatic carboxylic acids is 1. The van der Waals surface area contributed by atoms with Crippen molar-refractivity contribution in [2.24, 2.45) is 0 Å². The summed E-state index contributed by atoms with van der Waals surface area (Å²) >= 11 is 0. The van der Waals surface area contributed by atoms with Gasteiger partial charge in [0.25, 0.3) is 5.69 Å². The molecule has 0 saturated carbocycles. The Morgan fingerprint density at radius 1 is 1.39 bits per heavy atom. The molecule has 1 atom stereocenters. The topological polar surface area (TPSA) is 110 Å². The van der Waals surface area contributed by atoms with E-state index in [1.165, 1.54) is 31.2 Å². The summed E-state index contributed by atoms with van der Waals surface area (Å²) in [7, 11) is 0. The molecule has 0 saturated heterocycles. The zero-order chi connectivity index (χ0) is 13.7. The first-order chi connectivity index (χ1) is 8.40. The lowest BCUT2D eigenvalue weighted by atomic mass is 10.1. The Labute approximate surface area is 103 Å². The van der Waals surface area contributed by atoms with Crippen LogP contribution in [-0.4, -0.2) is 27.9 Å². The first-order valence-corrected chi connectivity index (χ1v) is 5.13. The van der Waals surface area contributed by atoms with Crippen molar-refractivity contribution in [3.63, 3.8) is 0 Å². The van der Waals surface area contributed by atoms with Crippen molar-refractivity contribution in [3.05, 3.63) is 39.9 Å². The summed E-state index contributed by atoms with van der Waals surface area (Å²) in [4.78, 5) is 31.6. The molecule has 0 spiro atoms. The summed E-state index contributed by atoms with van der Waals surface area (Å²) < 4.78 is 0. The lowest BCUT2D eigenvalue weighted by Gasteiger charge is -2.12. The second-order valence-corrected chi connectivity index (χ2v) is 3.72. The molecular formula is C11H12N2O5.